The van der Waals surface area contributed by atoms with Crippen LogP contribution in [-0.2, 0) is 11.3 Å². The third-order valence-electron chi connectivity index (χ3n) is 3.73. The number of nitrogens with one attached hydrogen (secondary N) is 1. The van der Waals surface area contributed by atoms with Gasteiger partial charge in [0.15, 0.2) is 0 Å². The van der Waals surface area contributed by atoms with Crippen molar-refractivity contribution in [2.24, 2.45) is 0 Å². The smallest absolute Gasteiger partial charge is 0.277 e. The molecule has 1 aromatic heterocycles. The molecule has 0 bridgehead atoms. The van der Waals surface area contributed by atoms with Gasteiger partial charge in [-0.25, -0.2) is 9.87 Å². The van der Waals surface area contributed by atoms with Crippen LogP contribution in [0.4, 0.5) is 4.39 Å². The molecule has 3 rings (SSSR count). The second-order valence-electron chi connectivity index (χ2n) is 5.52. The number of rotatable bonds is 7. The van der Waals surface area contributed by atoms with Gasteiger partial charge < -0.3 is 4.42 Å². The third-order valence-corrected chi connectivity index (χ3v) is 3.73. The van der Waals surface area contributed by atoms with E-state index in [1.165, 1.54) is 12.1 Å². The van der Waals surface area contributed by atoms with Gasteiger partial charge in [0.1, 0.15) is 11.6 Å². The van der Waals surface area contributed by atoms with Crippen LogP contribution in [0.25, 0.3) is 11.1 Å². The van der Waals surface area contributed by atoms with Gasteiger partial charge in [-0.05, 0) is 41.8 Å². The number of halogens is 1. The predicted octanol–water partition coefficient (Wildman–Crippen LogP) is 4.38. The van der Waals surface area contributed by atoms with Crippen LogP contribution in [-0.4, -0.2) is 12.5 Å². The molecular formula is C20H18FNO3. The Morgan fingerprint density at radius 2 is 1.88 bits per heavy atom. The van der Waals surface area contributed by atoms with E-state index < -0.39 is 11.7 Å². The topological polar surface area (TPSA) is 51.5 Å². The Morgan fingerprint density at radius 3 is 2.64 bits per heavy atom. The molecule has 5 heteroatoms. The van der Waals surface area contributed by atoms with E-state index in [4.69, 9.17) is 9.25 Å². The van der Waals surface area contributed by atoms with Crippen LogP contribution in [0.2, 0.25) is 0 Å². The summed E-state index contributed by atoms with van der Waals surface area (Å²) in [6, 6.07) is 17.6. The van der Waals surface area contributed by atoms with E-state index in [0.717, 1.165) is 16.9 Å². The van der Waals surface area contributed by atoms with E-state index in [9.17, 15) is 9.18 Å². The fourth-order valence-corrected chi connectivity index (χ4v) is 2.45. The Bertz CT molecular complexity index is 816. The third kappa shape index (κ3) is 4.55. The van der Waals surface area contributed by atoms with Gasteiger partial charge in [-0.1, -0.05) is 36.4 Å². The maximum Gasteiger partial charge on any atom is 0.277 e. The fraction of sp³-hybridized carbons (Fsp3) is 0.150. The van der Waals surface area contributed by atoms with Crippen LogP contribution < -0.4 is 5.48 Å². The lowest BCUT2D eigenvalue weighted by atomic mass is 10.0. The number of carbonyl (C=O) groups is 1. The molecule has 128 valence electrons. The number of hydrogen-bond acceptors (Lipinski definition) is 3. The lowest BCUT2D eigenvalue weighted by Crippen LogP contribution is -2.25. The number of hydrogen-bond donors (Lipinski definition) is 1. The highest BCUT2D eigenvalue weighted by atomic mass is 19.1. The minimum absolute atomic E-state index is 0.0487. The van der Waals surface area contributed by atoms with Gasteiger partial charge in [0.2, 0.25) is 0 Å². The molecule has 1 heterocycles. The van der Waals surface area contributed by atoms with Crippen molar-refractivity contribution in [3.63, 3.8) is 0 Å². The van der Waals surface area contributed by atoms with Crippen LogP contribution in [0, 0.1) is 5.82 Å². The van der Waals surface area contributed by atoms with Crippen molar-refractivity contribution in [2.45, 2.75) is 12.8 Å². The lowest BCUT2D eigenvalue weighted by molar-refractivity contribution is 0.0298. The summed E-state index contributed by atoms with van der Waals surface area (Å²) in [6.45, 7) is 0.312. The van der Waals surface area contributed by atoms with E-state index in [1.807, 2.05) is 42.5 Å². The Morgan fingerprint density at radius 1 is 1.04 bits per heavy atom. The Balaban J connectivity index is 1.56. The second-order valence-corrected chi connectivity index (χ2v) is 5.52. The van der Waals surface area contributed by atoms with Crippen molar-refractivity contribution >= 4 is 5.91 Å². The molecule has 0 saturated heterocycles. The lowest BCUT2D eigenvalue weighted by Gasteiger charge is -2.08. The molecule has 0 unspecified atom stereocenters. The first-order valence-electron chi connectivity index (χ1n) is 8.03. The molecule has 0 fully saturated rings. The van der Waals surface area contributed by atoms with E-state index in [-0.39, 0.29) is 5.56 Å². The van der Waals surface area contributed by atoms with E-state index in [0.29, 0.717) is 19.4 Å². The summed E-state index contributed by atoms with van der Waals surface area (Å²) >= 11 is 0. The number of aryl methyl sites for hydroxylation is 1. The molecule has 25 heavy (non-hydrogen) atoms. The molecule has 0 atom stereocenters. The zero-order valence-electron chi connectivity index (χ0n) is 13.6. The number of furan rings is 1. The van der Waals surface area contributed by atoms with Crippen molar-refractivity contribution in [3.8, 4) is 11.1 Å². The molecule has 1 N–H and O–H groups in total. The molecule has 4 nitrogen and oxygen atoms in total. The highest BCUT2D eigenvalue weighted by molar-refractivity contribution is 5.95. The van der Waals surface area contributed by atoms with Gasteiger partial charge in [0.25, 0.3) is 5.91 Å². The summed E-state index contributed by atoms with van der Waals surface area (Å²) in [4.78, 5) is 17.3. The van der Waals surface area contributed by atoms with Crippen LogP contribution in [0.3, 0.4) is 0 Å². The summed E-state index contributed by atoms with van der Waals surface area (Å²) < 4.78 is 19.2. The molecule has 0 aliphatic carbocycles. The predicted molar refractivity (Wildman–Crippen MR) is 92.3 cm³/mol. The van der Waals surface area contributed by atoms with Crippen LogP contribution >= 0.6 is 0 Å². The van der Waals surface area contributed by atoms with Gasteiger partial charge in [-0.2, -0.15) is 0 Å². The zero-order valence-corrected chi connectivity index (χ0v) is 13.6. The summed E-state index contributed by atoms with van der Waals surface area (Å²) in [5, 5.41) is 0. The highest BCUT2D eigenvalue weighted by Gasteiger charge is 2.13. The molecule has 0 radical (unpaired) electrons. The number of carbonyl (C=O) groups excluding carboxylic acids is 1. The maximum absolute atomic E-state index is 14.0. The van der Waals surface area contributed by atoms with Crippen molar-refractivity contribution in [3.05, 3.63) is 84.1 Å². The summed E-state index contributed by atoms with van der Waals surface area (Å²) in [6.07, 6.45) is 3.00. The molecule has 0 saturated carbocycles. The highest BCUT2D eigenvalue weighted by Crippen LogP contribution is 2.21. The Labute approximate surface area is 145 Å². The minimum Gasteiger partial charge on any atom is -0.469 e. The van der Waals surface area contributed by atoms with Crippen molar-refractivity contribution < 1.29 is 18.4 Å². The van der Waals surface area contributed by atoms with Crippen molar-refractivity contribution in [1.82, 2.24) is 5.48 Å². The van der Waals surface area contributed by atoms with E-state index in [2.05, 4.69) is 5.48 Å². The molecule has 3 aromatic rings. The first-order valence-corrected chi connectivity index (χ1v) is 8.03. The van der Waals surface area contributed by atoms with Crippen LogP contribution in [0.15, 0.2) is 71.3 Å². The summed E-state index contributed by atoms with van der Waals surface area (Å²) in [7, 11) is 0. The van der Waals surface area contributed by atoms with Crippen LogP contribution in [0.1, 0.15) is 22.5 Å². The van der Waals surface area contributed by atoms with Gasteiger partial charge in [-0.3, -0.25) is 9.63 Å². The van der Waals surface area contributed by atoms with Gasteiger partial charge >= 0.3 is 0 Å². The van der Waals surface area contributed by atoms with Crippen LogP contribution in [0.5, 0.6) is 0 Å². The summed E-state index contributed by atoms with van der Waals surface area (Å²) in [5.41, 5.74) is 3.92. The average Bonchev–Trinajstić information content (AvgIpc) is 3.16. The number of hydroxylamine groups is 1. The molecule has 0 aliphatic heterocycles. The SMILES string of the molecule is O=C(NOCCCc1ccco1)c1cc(-c2ccccc2)ccc1F. The van der Waals surface area contributed by atoms with Gasteiger partial charge in [-0.15, -0.1) is 0 Å². The quantitative estimate of drug-likeness (QED) is 0.513. The largest absolute Gasteiger partial charge is 0.469 e. The van der Waals surface area contributed by atoms with Crippen molar-refractivity contribution in [1.29, 1.82) is 0 Å². The fourth-order valence-electron chi connectivity index (χ4n) is 2.45. The average molecular weight is 339 g/mol. The standard InChI is InChI=1S/C20H18FNO3/c21-19-11-10-16(15-6-2-1-3-7-15)14-18(19)20(23)22-25-13-5-9-17-8-4-12-24-17/h1-4,6-8,10-12,14H,5,9,13H2,(H,22,23). The Kier molecular flexibility index (Phi) is 5.59. The number of benzene rings is 2. The zero-order chi connectivity index (χ0) is 17.5. The molecule has 2 aromatic carbocycles. The first-order chi connectivity index (χ1) is 12.2. The van der Waals surface area contributed by atoms with Crippen molar-refractivity contribution in [2.75, 3.05) is 6.61 Å². The Hall–Kier alpha value is -2.92. The normalized spacial score (nSPS) is 10.6. The maximum atomic E-state index is 14.0. The van der Waals surface area contributed by atoms with E-state index in [1.54, 1.807) is 12.3 Å². The first kappa shape index (κ1) is 16.9. The monoisotopic (exact) mass is 339 g/mol. The molecule has 0 spiro atoms. The van der Waals surface area contributed by atoms with Gasteiger partial charge in [0.05, 0.1) is 18.4 Å². The summed E-state index contributed by atoms with van der Waals surface area (Å²) in [5.74, 6) is -0.332. The second kappa shape index (κ2) is 8.26. The molecular weight excluding hydrogens is 321 g/mol. The number of amides is 1. The van der Waals surface area contributed by atoms with E-state index >= 15 is 0 Å². The van der Waals surface area contributed by atoms with Gasteiger partial charge in [0, 0.05) is 6.42 Å². The minimum atomic E-state index is -0.603. The molecule has 1 amide bonds. The molecule has 0 aliphatic rings.